The van der Waals surface area contributed by atoms with Gasteiger partial charge in [0.05, 0.1) is 25.2 Å². The summed E-state index contributed by atoms with van der Waals surface area (Å²) in [6, 6.07) is -10.0. The zero-order chi connectivity index (χ0) is 51.2. The van der Waals surface area contributed by atoms with E-state index in [4.69, 9.17) is 10.8 Å². The molecule has 14 N–H and O–H groups in total. The maximum Gasteiger partial charge on any atom is 0.326 e. The van der Waals surface area contributed by atoms with E-state index in [-0.39, 0.29) is 25.2 Å². The monoisotopic (exact) mass is 943 g/mol. The molecule has 11 atom stereocenters. The number of aliphatic carboxylic acids is 2. The van der Waals surface area contributed by atoms with Crippen molar-refractivity contribution in [2.24, 2.45) is 29.4 Å². The van der Waals surface area contributed by atoms with Crippen LogP contribution < -0.4 is 53.6 Å². The average Bonchev–Trinajstić information content (AvgIpc) is 3.23. The van der Waals surface area contributed by atoms with Crippen LogP contribution >= 0.6 is 0 Å². The van der Waals surface area contributed by atoms with Crippen LogP contribution in [0.5, 0.6) is 0 Å². The molecule has 0 aromatic heterocycles. The zero-order valence-electron chi connectivity index (χ0n) is 39.9. The molecule has 0 fully saturated rings. The molecule has 0 aromatic rings. The number of hydrogen-bond donors (Lipinski definition) is 13. The fourth-order valence-electron chi connectivity index (χ4n) is 6.03. The van der Waals surface area contributed by atoms with Crippen LogP contribution in [-0.2, 0) is 52.7 Å². The summed E-state index contributed by atoms with van der Waals surface area (Å²) in [6.07, 6.45) is -1.09. The van der Waals surface area contributed by atoms with Gasteiger partial charge in [0.2, 0.25) is 53.2 Å². The van der Waals surface area contributed by atoms with E-state index < -0.39 is 150 Å². The van der Waals surface area contributed by atoms with E-state index >= 15 is 0 Å². The molecule has 0 aliphatic rings. The minimum atomic E-state index is -1.58. The Morgan fingerprint density at radius 1 is 0.500 bits per heavy atom. The van der Waals surface area contributed by atoms with Crippen LogP contribution in [0.25, 0.3) is 0 Å². The van der Waals surface area contributed by atoms with Gasteiger partial charge >= 0.3 is 11.9 Å². The second kappa shape index (κ2) is 29.6. The van der Waals surface area contributed by atoms with Gasteiger partial charge in [-0.3, -0.25) is 47.9 Å². The summed E-state index contributed by atoms with van der Waals surface area (Å²) in [7, 11) is 0. The van der Waals surface area contributed by atoms with Crippen molar-refractivity contribution in [1.82, 2.24) is 47.9 Å². The van der Waals surface area contributed by atoms with Crippen LogP contribution in [0.3, 0.4) is 0 Å². The molecule has 0 saturated carbocycles. The Hall–Kier alpha value is -5.91. The standard InChI is InChI=1S/C42H74N10O14/c1-12-21(7)32(49-28(54)17-44-35(58)23(9)46-36(59)24(10)47-37(60)26(43)14-15-30(56)57)39(62)45-18-29(55)50-33(22(8)13-2)40(63)48-27(16-19(3)4)38(61)52-34(25(11)53)41(64)51-31(20(5)6)42(65)66/h19-27,31-34,53H,12-18,43H2,1-11H3,(H,44,58)(H,45,62)(H,46,59)(H,47,60)(H,48,63)(H,49,54)(H,50,55)(H,51,64)(H,52,61)(H,56,57)(H,65,66)/t21-,22+,23+,24+,25+,26+,27+,31+,32-,33-,34-/m1/s1. The summed E-state index contributed by atoms with van der Waals surface area (Å²) in [4.78, 5) is 140. The Morgan fingerprint density at radius 3 is 1.38 bits per heavy atom. The van der Waals surface area contributed by atoms with Crippen molar-refractivity contribution < 1.29 is 68.1 Å². The average molecular weight is 943 g/mol. The van der Waals surface area contributed by atoms with Gasteiger partial charge < -0.3 is 68.9 Å². The Kier molecular flexibility index (Phi) is 26.9. The molecule has 0 saturated heterocycles. The van der Waals surface area contributed by atoms with Crippen molar-refractivity contribution in [3.05, 3.63) is 0 Å². The lowest BCUT2D eigenvalue weighted by Gasteiger charge is -2.29. The van der Waals surface area contributed by atoms with Crippen molar-refractivity contribution in [3.63, 3.8) is 0 Å². The molecule has 66 heavy (non-hydrogen) atoms. The summed E-state index contributed by atoms with van der Waals surface area (Å²) in [5.74, 6) is -11.3. The molecule has 0 aliphatic heterocycles. The summed E-state index contributed by atoms with van der Waals surface area (Å²) < 4.78 is 0. The fraction of sp³-hybridized carbons (Fsp3) is 0.738. The summed E-state index contributed by atoms with van der Waals surface area (Å²) in [6.45, 7) is 16.2. The summed E-state index contributed by atoms with van der Waals surface area (Å²) in [5, 5.41) is 50.6. The highest BCUT2D eigenvalue weighted by Gasteiger charge is 2.36. The van der Waals surface area contributed by atoms with Gasteiger partial charge in [0.25, 0.3) is 0 Å². The van der Waals surface area contributed by atoms with Gasteiger partial charge in [0.1, 0.15) is 42.3 Å². The van der Waals surface area contributed by atoms with Crippen molar-refractivity contribution in [2.45, 2.75) is 163 Å². The van der Waals surface area contributed by atoms with Crippen molar-refractivity contribution in [2.75, 3.05) is 13.1 Å². The molecule has 0 bridgehead atoms. The Balaban J connectivity index is 5.65. The topological polar surface area (TPSA) is 383 Å². The molecule has 24 heteroatoms. The van der Waals surface area contributed by atoms with Gasteiger partial charge in [-0.1, -0.05) is 68.2 Å². The predicted molar refractivity (Wildman–Crippen MR) is 238 cm³/mol. The van der Waals surface area contributed by atoms with E-state index in [1.807, 2.05) is 0 Å². The fourth-order valence-corrected chi connectivity index (χ4v) is 6.03. The van der Waals surface area contributed by atoms with Crippen LogP contribution in [0.4, 0.5) is 0 Å². The number of aliphatic hydroxyl groups is 1. The van der Waals surface area contributed by atoms with Gasteiger partial charge in [-0.2, -0.15) is 0 Å². The van der Waals surface area contributed by atoms with E-state index in [1.54, 1.807) is 55.4 Å². The maximum absolute atomic E-state index is 13.7. The first-order valence-electron chi connectivity index (χ1n) is 22.1. The summed E-state index contributed by atoms with van der Waals surface area (Å²) in [5.41, 5.74) is 5.66. The highest BCUT2D eigenvalue weighted by Crippen LogP contribution is 2.13. The molecule has 376 valence electrons. The molecule has 0 spiro atoms. The van der Waals surface area contributed by atoms with Crippen LogP contribution in [-0.4, -0.2) is 148 Å². The van der Waals surface area contributed by atoms with Crippen LogP contribution in [0.1, 0.15) is 108 Å². The minimum absolute atomic E-state index is 0.0741. The smallest absolute Gasteiger partial charge is 0.326 e. The zero-order valence-corrected chi connectivity index (χ0v) is 39.9. The van der Waals surface area contributed by atoms with Crippen LogP contribution in [0, 0.1) is 23.7 Å². The van der Waals surface area contributed by atoms with Gasteiger partial charge in [-0.05, 0) is 57.3 Å². The van der Waals surface area contributed by atoms with Crippen molar-refractivity contribution in [3.8, 4) is 0 Å². The normalized spacial score (nSPS) is 16.2. The second-order valence-corrected chi connectivity index (χ2v) is 17.3. The number of carboxylic acids is 2. The second-order valence-electron chi connectivity index (χ2n) is 17.3. The molecular formula is C42H74N10O14. The van der Waals surface area contributed by atoms with Crippen molar-refractivity contribution >= 4 is 65.1 Å². The molecule has 0 heterocycles. The Morgan fingerprint density at radius 2 is 0.939 bits per heavy atom. The van der Waals surface area contributed by atoms with E-state index in [1.165, 1.54) is 20.8 Å². The van der Waals surface area contributed by atoms with E-state index in [0.717, 1.165) is 0 Å². The van der Waals surface area contributed by atoms with Gasteiger partial charge in [-0.15, -0.1) is 0 Å². The van der Waals surface area contributed by atoms with E-state index in [2.05, 4.69) is 47.9 Å². The van der Waals surface area contributed by atoms with Crippen LogP contribution in [0.2, 0.25) is 0 Å². The third-order valence-electron chi connectivity index (χ3n) is 10.6. The van der Waals surface area contributed by atoms with Crippen molar-refractivity contribution in [1.29, 1.82) is 0 Å². The molecule has 0 aliphatic carbocycles. The molecule has 9 amide bonds. The highest BCUT2D eigenvalue weighted by molar-refractivity contribution is 5.97. The van der Waals surface area contributed by atoms with Crippen LogP contribution in [0.15, 0.2) is 0 Å². The molecule has 0 rings (SSSR count). The largest absolute Gasteiger partial charge is 0.481 e. The lowest BCUT2D eigenvalue weighted by Crippen LogP contribution is -2.61. The number of nitrogens with one attached hydrogen (secondary N) is 9. The third kappa shape index (κ3) is 21.8. The summed E-state index contributed by atoms with van der Waals surface area (Å²) >= 11 is 0. The van der Waals surface area contributed by atoms with Gasteiger partial charge in [-0.25, -0.2) is 4.79 Å². The number of carbonyl (C=O) groups excluding carboxylic acids is 9. The number of hydrogen-bond acceptors (Lipinski definition) is 13. The van der Waals surface area contributed by atoms with Gasteiger partial charge in [0.15, 0.2) is 0 Å². The molecule has 0 aromatic carbocycles. The number of nitrogens with two attached hydrogens (primary N) is 1. The van der Waals surface area contributed by atoms with E-state index in [9.17, 15) is 63.0 Å². The molecule has 0 radical (unpaired) electrons. The Bertz CT molecular complexity index is 1710. The quantitative estimate of drug-likeness (QED) is 0.0344. The molecule has 24 nitrogen and oxygen atoms in total. The van der Waals surface area contributed by atoms with E-state index in [0.29, 0.717) is 12.8 Å². The highest BCUT2D eigenvalue weighted by atomic mass is 16.4. The number of aliphatic hydroxyl groups excluding tert-OH is 1. The Labute approximate surface area is 385 Å². The third-order valence-corrected chi connectivity index (χ3v) is 10.6. The number of rotatable bonds is 30. The SMILES string of the molecule is CC[C@@H](C)[C@@H](NC(=O)CNC(=O)[C@H](C)NC(=O)[C@H](C)NC(=O)[C@@H](N)CCC(=O)O)C(=O)NCC(=O)N[C@@H](C(=O)N[C@@H](CC(C)C)C(=O)N[C@@H](C(=O)N[C@H](C(=O)O)C(C)C)[C@H](C)O)[C@@H](C)CC. The lowest BCUT2D eigenvalue weighted by molar-refractivity contribution is -0.144. The first-order chi connectivity index (χ1) is 30.6. The number of carbonyl (C=O) groups is 11. The molecular weight excluding hydrogens is 869 g/mol. The first kappa shape index (κ1) is 60.1. The maximum atomic E-state index is 13.7. The molecule has 0 unspecified atom stereocenters. The minimum Gasteiger partial charge on any atom is -0.481 e. The number of amides is 9. The predicted octanol–water partition coefficient (Wildman–Crippen LogP) is -2.90. The number of carboxylic acid groups (broad SMARTS) is 2. The van der Waals surface area contributed by atoms with Gasteiger partial charge in [0, 0.05) is 6.42 Å². The first-order valence-corrected chi connectivity index (χ1v) is 22.1. The lowest BCUT2D eigenvalue weighted by atomic mass is 9.96.